The van der Waals surface area contributed by atoms with Gasteiger partial charge in [-0.3, -0.25) is 14.4 Å². The third-order valence-electron chi connectivity index (χ3n) is 4.21. The molecule has 0 atom stereocenters. The molecule has 5 nitrogen and oxygen atoms in total. The molecule has 0 N–H and O–H groups in total. The van der Waals surface area contributed by atoms with Crippen LogP contribution in [0, 0.1) is 0 Å². The molecule has 0 aromatic heterocycles. The van der Waals surface area contributed by atoms with E-state index >= 15 is 0 Å². The van der Waals surface area contributed by atoms with Gasteiger partial charge in [-0.25, -0.2) is 0 Å². The van der Waals surface area contributed by atoms with Crippen LogP contribution in [0.2, 0.25) is 0 Å². The van der Waals surface area contributed by atoms with Gasteiger partial charge in [0.25, 0.3) is 0 Å². The standard InChI is InChI=1S/C20H19NO4/c1-14(22)15-6-10-18(11-7-15)25-13-19(23)16-4-8-17(9-5-16)21-12-2-3-20(21)24/h4-11H,2-3,12-13H2,1H3. The molecular formula is C20H19NO4. The third kappa shape index (κ3) is 3.94. The Morgan fingerprint density at radius 3 is 2.20 bits per heavy atom. The lowest BCUT2D eigenvalue weighted by Crippen LogP contribution is -2.23. The van der Waals surface area contributed by atoms with Gasteiger partial charge in [-0.15, -0.1) is 0 Å². The van der Waals surface area contributed by atoms with Crippen molar-refractivity contribution in [3.05, 3.63) is 59.7 Å². The number of benzene rings is 2. The minimum atomic E-state index is -0.144. The molecule has 1 aliphatic rings. The Morgan fingerprint density at radius 1 is 1.00 bits per heavy atom. The maximum atomic E-state index is 12.2. The smallest absolute Gasteiger partial charge is 0.227 e. The van der Waals surface area contributed by atoms with E-state index in [0.29, 0.717) is 23.3 Å². The fraction of sp³-hybridized carbons (Fsp3) is 0.250. The van der Waals surface area contributed by atoms with Gasteiger partial charge in [-0.1, -0.05) is 0 Å². The zero-order valence-electron chi connectivity index (χ0n) is 14.0. The largest absolute Gasteiger partial charge is 0.485 e. The van der Waals surface area contributed by atoms with Crippen molar-refractivity contribution in [2.45, 2.75) is 19.8 Å². The van der Waals surface area contributed by atoms with E-state index in [9.17, 15) is 14.4 Å². The summed E-state index contributed by atoms with van der Waals surface area (Å²) in [7, 11) is 0. The molecule has 0 saturated carbocycles. The number of hydrogen-bond acceptors (Lipinski definition) is 4. The molecule has 2 aromatic carbocycles. The first-order valence-corrected chi connectivity index (χ1v) is 8.22. The van der Waals surface area contributed by atoms with Crippen molar-refractivity contribution in [3.8, 4) is 5.75 Å². The average molecular weight is 337 g/mol. The van der Waals surface area contributed by atoms with Crippen LogP contribution in [0.4, 0.5) is 5.69 Å². The van der Waals surface area contributed by atoms with Crippen LogP contribution in [-0.4, -0.2) is 30.6 Å². The molecular weight excluding hydrogens is 318 g/mol. The van der Waals surface area contributed by atoms with Crippen LogP contribution < -0.4 is 9.64 Å². The number of amides is 1. The molecule has 25 heavy (non-hydrogen) atoms. The van der Waals surface area contributed by atoms with E-state index in [2.05, 4.69) is 0 Å². The monoisotopic (exact) mass is 337 g/mol. The summed E-state index contributed by atoms with van der Waals surface area (Å²) in [5.41, 5.74) is 1.96. The van der Waals surface area contributed by atoms with Crippen LogP contribution in [0.5, 0.6) is 5.75 Å². The highest BCUT2D eigenvalue weighted by Gasteiger charge is 2.21. The predicted octanol–water partition coefficient (Wildman–Crippen LogP) is 3.28. The fourth-order valence-corrected chi connectivity index (χ4v) is 2.77. The van der Waals surface area contributed by atoms with Gasteiger partial charge in [0, 0.05) is 29.8 Å². The van der Waals surface area contributed by atoms with E-state index in [1.54, 1.807) is 53.4 Å². The van der Waals surface area contributed by atoms with E-state index in [-0.39, 0.29) is 24.1 Å². The summed E-state index contributed by atoms with van der Waals surface area (Å²) in [6, 6.07) is 13.7. The molecule has 0 spiro atoms. The quantitative estimate of drug-likeness (QED) is 0.759. The molecule has 1 heterocycles. The Hall–Kier alpha value is -2.95. The lowest BCUT2D eigenvalue weighted by Gasteiger charge is -2.15. The minimum absolute atomic E-state index is 0.0146. The second-order valence-electron chi connectivity index (χ2n) is 5.99. The van der Waals surface area contributed by atoms with Crippen molar-refractivity contribution in [2.24, 2.45) is 0 Å². The van der Waals surface area contributed by atoms with Crippen LogP contribution in [0.25, 0.3) is 0 Å². The summed E-state index contributed by atoms with van der Waals surface area (Å²) in [4.78, 5) is 36.9. The van der Waals surface area contributed by atoms with Gasteiger partial charge in [0.05, 0.1) is 0 Å². The molecule has 0 radical (unpaired) electrons. The average Bonchev–Trinajstić information content (AvgIpc) is 3.06. The Bertz CT molecular complexity index is 793. The third-order valence-corrected chi connectivity index (χ3v) is 4.21. The van der Waals surface area contributed by atoms with Crippen LogP contribution in [-0.2, 0) is 4.79 Å². The number of ether oxygens (including phenoxy) is 1. The Morgan fingerprint density at radius 2 is 1.64 bits per heavy atom. The van der Waals surface area contributed by atoms with Crippen molar-refractivity contribution in [1.82, 2.24) is 0 Å². The zero-order chi connectivity index (χ0) is 17.8. The van der Waals surface area contributed by atoms with Crippen LogP contribution in [0.3, 0.4) is 0 Å². The first kappa shape index (κ1) is 16.9. The second-order valence-corrected chi connectivity index (χ2v) is 5.99. The second kappa shape index (κ2) is 7.30. The normalized spacial score (nSPS) is 13.8. The van der Waals surface area contributed by atoms with Crippen molar-refractivity contribution >= 4 is 23.2 Å². The fourth-order valence-electron chi connectivity index (χ4n) is 2.77. The number of carbonyl (C=O) groups excluding carboxylic acids is 3. The van der Waals surface area contributed by atoms with Crippen molar-refractivity contribution in [2.75, 3.05) is 18.1 Å². The maximum Gasteiger partial charge on any atom is 0.227 e. The van der Waals surface area contributed by atoms with Crippen molar-refractivity contribution < 1.29 is 19.1 Å². The highest BCUT2D eigenvalue weighted by Crippen LogP contribution is 2.22. The predicted molar refractivity (Wildman–Crippen MR) is 94.3 cm³/mol. The molecule has 1 fully saturated rings. The van der Waals surface area contributed by atoms with Gasteiger partial charge < -0.3 is 9.64 Å². The lowest BCUT2D eigenvalue weighted by atomic mass is 10.1. The molecule has 5 heteroatoms. The Kier molecular flexibility index (Phi) is 4.93. The molecule has 0 unspecified atom stereocenters. The highest BCUT2D eigenvalue weighted by atomic mass is 16.5. The van der Waals surface area contributed by atoms with Crippen molar-refractivity contribution in [3.63, 3.8) is 0 Å². The topological polar surface area (TPSA) is 63.7 Å². The highest BCUT2D eigenvalue weighted by molar-refractivity contribution is 5.99. The first-order chi connectivity index (χ1) is 12.0. The minimum Gasteiger partial charge on any atom is -0.485 e. The summed E-state index contributed by atoms with van der Waals surface area (Å²) in [5.74, 6) is 0.503. The summed E-state index contributed by atoms with van der Waals surface area (Å²) < 4.78 is 5.48. The first-order valence-electron chi connectivity index (χ1n) is 8.22. The summed E-state index contributed by atoms with van der Waals surface area (Å²) >= 11 is 0. The number of carbonyl (C=O) groups is 3. The van der Waals surface area contributed by atoms with E-state index in [1.165, 1.54) is 6.92 Å². The van der Waals surface area contributed by atoms with Crippen molar-refractivity contribution in [1.29, 1.82) is 0 Å². The molecule has 0 aliphatic carbocycles. The Balaban J connectivity index is 1.59. The summed E-state index contributed by atoms with van der Waals surface area (Å²) in [6.45, 7) is 2.14. The number of rotatable bonds is 6. The van der Waals surface area contributed by atoms with Crippen LogP contribution >= 0.6 is 0 Å². The van der Waals surface area contributed by atoms with E-state index in [1.807, 2.05) is 0 Å². The van der Waals surface area contributed by atoms with Gasteiger partial charge in [0.1, 0.15) is 5.75 Å². The molecule has 2 aromatic rings. The molecule has 1 aliphatic heterocycles. The molecule has 1 amide bonds. The van der Waals surface area contributed by atoms with Gasteiger partial charge >= 0.3 is 0 Å². The zero-order valence-corrected chi connectivity index (χ0v) is 14.0. The van der Waals surface area contributed by atoms with Gasteiger partial charge in [-0.2, -0.15) is 0 Å². The SMILES string of the molecule is CC(=O)c1ccc(OCC(=O)c2ccc(N3CCCC3=O)cc2)cc1. The Labute approximate surface area is 146 Å². The molecule has 0 bridgehead atoms. The number of anilines is 1. The van der Waals surface area contributed by atoms with Crippen LogP contribution in [0.1, 0.15) is 40.5 Å². The lowest BCUT2D eigenvalue weighted by molar-refractivity contribution is -0.117. The number of Topliss-reactive ketones (excluding diaryl/α,β-unsaturated/α-hetero) is 2. The summed E-state index contributed by atoms with van der Waals surface area (Å²) in [6.07, 6.45) is 1.45. The molecule has 3 rings (SSSR count). The summed E-state index contributed by atoms with van der Waals surface area (Å²) in [5, 5.41) is 0. The van der Waals surface area contributed by atoms with Crippen LogP contribution in [0.15, 0.2) is 48.5 Å². The molecule has 1 saturated heterocycles. The van der Waals surface area contributed by atoms with Gasteiger partial charge in [0.15, 0.2) is 18.2 Å². The molecule has 128 valence electrons. The number of hydrogen-bond donors (Lipinski definition) is 0. The number of nitrogens with zero attached hydrogens (tertiary/aromatic N) is 1. The van der Waals surface area contributed by atoms with E-state index in [4.69, 9.17) is 4.74 Å². The van der Waals surface area contributed by atoms with Gasteiger partial charge in [0.2, 0.25) is 5.91 Å². The maximum absolute atomic E-state index is 12.2. The van der Waals surface area contributed by atoms with E-state index in [0.717, 1.165) is 18.7 Å². The number of ketones is 2. The van der Waals surface area contributed by atoms with Gasteiger partial charge in [-0.05, 0) is 61.9 Å². The van der Waals surface area contributed by atoms with E-state index < -0.39 is 0 Å².